The number of esters is 2. The van der Waals surface area contributed by atoms with Crippen LogP contribution in [0.1, 0.15) is 81.0 Å². The Morgan fingerprint density at radius 3 is 1.67 bits per heavy atom. The van der Waals surface area contributed by atoms with E-state index >= 15 is 0 Å². The van der Waals surface area contributed by atoms with E-state index in [1.165, 1.54) is 82.4 Å². The summed E-state index contributed by atoms with van der Waals surface area (Å²) in [4.78, 5) is 35.6. The molecule has 0 saturated heterocycles. The summed E-state index contributed by atoms with van der Waals surface area (Å²) in [6, 6.07) is 3.92. The monoisotopic (exact) mass is 647 g/mol. The Hall–Kier alpha value is -3.28. The van der Waals surface area contributed by atoms with Crippen molar-refractivity contribution in [3.05, 3.63) is 48.1 Å². The van der Waals surface area contributed by atoms with E-state index < -0.39 is 5.97 Å². The lowest BCUT2D eigenvalue weighted by Crippen LogP contribution is -2.19. The topological polar surface area (TPSA) is 138 Å². The van der Waals surface area contributed by atoms with Crippen LogP contribution < -0.4 is 0 Å². The first-order valence-corrected chi connectivity index (χ1v) is 15.6. The van der Waals surface area contributed by atoms with E-state index in [-0.39, 0.29) is 30.4 Å². The fourth-order valence-electron chi connectivity index (χ4n) is 4.52. The second-order valence-corrected chi connectivity index (χ2v) is 11.2. The van der Waals surface area contributed by atoms with Gasteiger partial charge in [-0.15, -0.1) is 0 Å². The van der Waals surface area contributed by atoms with Crippen LogP contribution in [0.3, 0.4) is 0 Å². The van der Waals surface area contributed by atoms with Gasteiger partial charge in [0.15, 0.2) is 0 Å². The number of carbonyl (C=O) groups is 3. The average Bonchev–Trinajstić information content (AvgIpc) is 3.65. The first-order chi connectivity index (χ1) is 20.3. The number of carbonyl (C=O) groups excluding carboxylic acids is 2. The van der Waals surface area contributed by atoms with Gasteiger partial charge in [0, 0.05) is 35.9 Å². The predicted octanol–water partition coefficient (Wildman–Crippen LogP) is 4.91. The normalized spacial score (nSPS) is 17.4. The number of halogens is 1. The van der Waals surface area contributed by atoms with Gasteiger partial charge < -0.3 is 14.6 Å². The van der Waals surface area contributed by atoms with Crippen molar-refractivity contribution in [1.29, 1.82) is 0 Å². The Labute approximate surface area is 255 Å². The molecule has 0 radical (unpaired) electrons. The molecule has 3 saturated carbocycles. The lowest BCUT2D eigenvalue weighted by atomic mass is 9.82. The zero-order chi connectivity index (χ0) is 30.3. The zero-order valence-corrected chi connectivity index (χ0v) is 26.1. The van der Waals surface area contributed by atoms with Gasteiger partial charge in [-0.1, -0.05) is 41.3 Å². The molecule has 1 aliphatic heterocycles. The third kappa shape index (κ3) is 10.8. The smallest absolute Gasteiger partial charge is 0.327 e. The molecule has 230 valence electrons. The SMILES string of the molecule is C1=CC(C2CCC2)=NC1.COC(=O)CBr.COC(=O)Cn1ccc(C2CCC2)n1.O=C(O)Cn1ccc(C2CCC2)n1. The first kappa shape index (κ1) is 33.2. The van der Waals surface area contributed by atoms with Crippen molar-refractivity contribution in [3.8, 4) is 0 Å². The van der Waals surface area contributed by atoms with Gasteiger partial charge in [0.2, 0.25) is 0 Å². The van der Waals surface area contributed by atoms with Crippen LogP contribution >= 0.6 is 15.9 Å². The highest BCUT2D eigenvalue weighted by molar-refractivity contribution is 9.09. The number of rotatable bonds is 8. The molecular formula is C30H42BrN5O6. The number of methoxy groups -OCH3 is 2. The quantitative estimate of drug-likeness (QED) is 0.315. The second-order valence-electron chi connectivity index (χ2n) is 10.6. The van der Waals surface area contributed by atoms with E-state index in [9.17, 15) is 14.4 Å². The lowest BCUT2D eigenvalue weighted by molar-refractivity contribution is -0.141. The fraction of sp³-hybridized carbons (Fsp3) is 0.600. The van der Waals surface area contributed by atoms with Crippen molar-refractivity contribution >= 4 is 39.5 Å². The molecule has 12 heteroatoms. The van der Waals surface area contributed by atoms with E-state index in [1.807, 2.05) is 18.3 Å². The van der Waals surface area contributed by atoms with E-state index in [0.717, 1.165) is 23.9 Å². The lowest BCUT2D eigenvalue weighted by Gasteiger charge is -2.24. The maximum atomic E-state index is 11.0. The summed E-state index contributed by atoms with van der Waals surface area (Å²) in [6.07, 6.45) is 19.5. The van der Waals surface area contributed by atoms with Crippen LogP contribution in [0.2, 0.25) is 0 Å². The molecule has 11 nitrogen and oxygen atoms in total. The second kappa shape index (κ2) is 17.6. The van der Waals surface area contributed by atoms with Gasteiger partial charge in [0.25, 0.3) is 0 Å². The summed E-state index contributed by atoms with van der Waals surface area (Å²) in [5.41, 5.74) is 3.52. The minimum atomic E-state index is -0.844. The number of nitrogens with zero attached hydrogens (tertiary/aromatic N) is 5. The van der Waals surface area contributed by atoms with Crippen molar-refractivity contribution in [2.24, 2.45) is 10.9 Å². The molecular weight excluding hydrogens is 606 g/mol. The van der Waals surface area contributed by atoms with Crippen LogP contribution in [0.4, 0.5) is 0 Å². The largest absolute Gasteiger partial charge is 0.480 e. The summed E-state index contributed by atoms with van der Waals surface area (Å²) in [5.74, 6) is 0.694. The molecule has 0 amide bonds. The number of carboxylic acid groups (broad SMARTS) is 1. The van der Waals surface area contributed by atoms with Gasteiger partial charge in [-0.05, 0) is 56.7 Å². The number of aliphatic imine (C=N–C) groups is 1. The van der Waals surface area contributed by atoms with E-state index in [2.05, 4.69) is 52.7 Å². The number of hydrogen-bond acceptors (Lipinski definition) is 8. The molecule has 0 spiro atoms. The van der Waals surface area contributed by atoms with Crippen LogP contribution in [0, 0.1) is 5.92 Å². The van der Waals surface area contributed by atoms with Crippen molar-refractivity contribution in [2.75, 3.05) is 26.1 Å². The molecule has 3 fully saturated rings. The van der Waals surface area contributed by atoms with Crippen molar-refractivity contribution < 1.29 is 29.0 Å². The number of alkyl halides is 1. The Morgan fingerprint density at radius 1 is 0.833 bits per heavy atom. The number of ether oxygens (including phenoxy) is 2. The number of hydrogen-bond donors (Lipinski definition) is 1. The van der Waals surface area contributed by atoms with Gasteiger partial charge in [-0.25, -0.2) is 0 Å². The highest BCUT2D eigenvalue weighted by atomic mass is 79.9. The summed E-state index contributed by atoms with van der Waals surface area (Å²) in [6.45, 7) is 1.11. The standard InChI is InChI=1S/C10H14N2O2.C9H12N2O2.C8H11N.C3H5BrO2/c1-14-10(13)7-12-6-5-9(11-12)8-3-2-4-8;12-9(13)6-11-5-4-8(10-11)7-2-1-3-7;1-3-7(4-1)8-5-2-6-9-8;1-6-3(5)2-4/h5-6,8H,2-4,7H2,1H3;4-5,7H,1-3,6H2,(H,12,13);2,5,7H,1,3-4,6H2;2H2,1H3. The van der Waals surface area contributed by atoms with E-state index in [0.29, 0.717) is 11.8 Å². The van der Waals surface area contributed by atoms with Crippen LogP contribution in [0.25, 0.3) is 0 Å². The van der Waals surface area contributed by atoms with Crippen LogP contribution in [0.15, 0.2) is 41.7 Å². The first-order valence-electron chi connectivity index (χ1n) is 14.5. The average molecular weight is 649 g/mol. The number of carboxylic acids is 1. The molecule has 2 aromatic heterocycles. The molecule has 0 atom stereocenters. The molecule has 0 bridgehead atoms. The molecule has 1 N–H and O–H groups in total. The highest BCUT2D eigenvalue weighted by Gasteiger charge is 2.23. The summed E-state index contributed by atoms with van der Waals surface area (Å²) < 4.78 is 11.9. The maximum absolute atomic E-state index is 11.0. The maximum Gasteiger partial charge on any atom is 0.327 e. The highest BCUT2D eigenvalue weighted by Crippen LogP contribution is 2.35. The minimum absolute atomic E-state index is 0.0350. The molecule has 0 aromatic carbocycles. The Balaban J connectivity index is 0.000000161. The molecule has 2 aromatic rings. The predicted molar refractivity (Wildman–Crippen MR) is 162 cm³/mol. The van der Waals surface area contributed by atoms with Crippen LogP contribution in [0.5, 0.6) is 0 Å². The third-order valence-corrected chi connectivity index (χ3v) is 8.17. The number of aromatic nitrogens is 4. The van der Waals surface area contributed by atoms with Crippen molar-refractivity contribution in [2.45, 2.75) is 82.7 Å². The summed E-state index contributed by atoms with van der Waals surface area (Å²) in [7, 11) is 2.74. The fourth-order valence-corrected chi connectivity index (χ4v) is 4.75. The van der Waals surface area contributed by atoms with E-state index in [4.69, 9.17) is 5.11 Å². The van der Waals surface area contributed by atoms with Gasteiger partial charge in [-0.2, -0.15) is 10.2 Å². The van der Waals surface area contributed by atoms with Crippen LogP contribution in [-0.2, 0) is 36.9 Å². The molecule has 3 aliphatic carbocycles. The molecule has 3 heterocycles. The van der Waals surface area contributed by atoms with Gasteiger partial charge in [0.05, 0.1) is 32.2 Å². The Morgan fingerprint density at radius 2 is 1.33 bits per heavy atom. The molecule has 4 aliphatic rings. The Bertz CT molecular complexity index is 1200. The summed E-state index contributed by atoms with van der Waals surface area (Å²) >= 11 is 2.90. The van der Waals surface area contributed by atoms with Gasteiger partial charge >= 0.3 is 17.9 Å². The zero-order valence-electron chi connectivity index (χ0n) is 24.5. The van der Waals surface area contributed by atoms with E-state index in [1.54, 1.807) is 10.9 Å². The minimum Gasteiger partial charge on any atom is -0.480 e. The number of allylic oxidation sites excluding steroid dienone is 1. The van der Waals surface area contributed by atoms with Gasteiger partial charge in [-0.3, -0.25) is 28.7 Å². The molecule has 6 rings (SSSR count). The van der Waals surface area contributed by atoms with Crippen LogP contribution in [-0.4, -0.2) is 74.4 Å². The third-order valence-electron chi connectivity index (χ3n) is 7.71. The van der Waals surface area contributed by atoms with Crippen molar-refractivity contribution in [3.63, 3.8) is 0 Å². The van der Waals surface area contributed by atoms with Crippen molar-refractivity contribution in [1.82, 2.24) is 19.6 Å². The molecule has 42 heavy (non-hydrogen) atoms. The Kier molecular flexibility index (Phi) is 13.9. The number of aliphatic carboxylic acids is 1. The van der Waals surface area contributed by atoms with Gasteiger partial charge in [0.1, 0.15) is 18.4 Å². The summed E-state index contributed by atoms with van der Waals surface area (Å²) in [5, 5.41) is 17.4. The molecule has 0 unspecified atom stereocenters.